The molecule has 3 fully saturated rings. The smallest absolute Gasteiger partial charge is 0.490 e. The van der Waals surface area contributed by atoms with Gasteiger partial charge in [0.1, 0.15) is 5.75 Å². The molecule has 59 heavy (non-hydrogen) atoms. The second-order valence-corrected chi connectivity index (χ2v) is 14.9. The van der Waals surface area contributed by atoms with E-state index in [0.717, 1.165) is 30.7 Å². The number of phenolic OH excluding ortho intramolecular Hbond substituents is 1. The van der Waals surface area contributed by atoms with E-state index in [1.807, 2.05) is 28.8 Å². The number of hydrogen-bond donors (Lipinski definition) is 6. The maximum Gasteiger partial charge on any atom is 0.490 e. The number of aromatic nitrogens is 2. The van der Waals surface area contributed by atoms with Gasteiger partial charge < -0.3 is 60.6 Å². The third-order valence-corrected chi connectivity index (χ3v) is 10.9. The van der Waals surface area contributed by atoms with Crippen LogP contribution >= 0.6 is 11.8 Å². The lowest BCUT2D eigenvalue weighted by atomic mass is 10.0. The van der Waals surface area contributed by atoms with Gasteiger partial charge in [-0.2, -0.15) is 24.9 Å². The Hall–Kier alpha value is -4.64. The van der Waals surface area contributed by atoms with Crippen LogP contribution in [0.4, 0.5) is 29.5 Å². The molecule has 0 radical (unpaired) electrons. The van der Waals surface area contributed by atoms with E-state index < -0.39 is 12.1 Å². The number of nitrogen functional groups attached to an aromatic ring is 1. The zero-order valence-corrected chi connectivity index (χ0v) is 33.4. The minimum atomic E-state index is -5.08. The number of alkyl halides is 3. The summed E-state index contributed by atoms with van der Waals surface area (Å²) in [6, 6.07) is 9.15. The molecule has 4 heterocycles. The van der Waals surface area contributed by atoms with Crippen LogP contribution in [0.15, 0.2) is 30.3 Å². The Balaban J connectivity index is 0.00000101. The maximum absolute atomic E-state index is 12.7. The number of aromatic hydroxyl groups is 1. The molecule has 0 aliphatic carbocycles. The minimum Gasteiger partial charge on any atom is -0.507 e. The van der Waals surface area contributed by atoms with Crippen molar-refractivity contribution < 1.29 is 61.5 Å². The van der Waals surface area contributed by atoms with Crippen LogP contribution in [0.25, 0.3) is 11.3 Å². The summed E-state index contributed by atoms with van der Waals surface area (Å²) < 4.78 is 53.9. The van der Waals surface area contributed by atoms with Crippen molar-refractivity contribution in [3.8, 4) is 17.0 Å². The first kappa shape index (κ1) is 47.0. The molecule has 22 heteroatoms. The molecule has 1 aromatic carbocycles. The number of piperazine rings is 1. The summed E-state index contributed by atoms with van der Waals surface area (Å²) >= 11 is 1.90. The number of urea groups is 1. The number of hydrogen-bond acceptors (Lipinski definition) is 14. The molecule has 0 saturated carbocycles. The Morgan fingerprint density at radius 2 is 1.53 bits per heavy atom. The highest BCUT2D eigenvalue weighted by Gasteiger charge is 2.42. The number of carbonyl (C=O) groups is 4. The fourth-order valence-corrected chi connectivity index (χ4v) is 7.91. The molecule has 2 aromatic rings. The van der Waals surface area contributed by atoms with E-state index in [0.29, 0.717) is 121 Å². The largest absolute Gasteiger partial charge is 0.507 e. The van der Waals surface area contributed by atoms with Gasteiger partial charge in [-0.3, -0.25) is 9.59 Å². The molecular weight excluding hydrogens is 806 g/mol. The maximum atomic E-state index is 12.7. The first-order chi connectivity index (χ1) is 28.3. The van der Waals surface area contributed by atoms with Crippen LogP contribution in [-0.2, 0) is 33.3 Å². The van der Waals surface area contributed by atoms with Crippen molar-refractivity contribution in [1.82, 2.24) is 31.0 Å². The second-order valence-electron chi connectivity index (χ2n) is 13.6. The molecule has 7 N–H and O–H groups in total. The van der Waals surface area contributed by atoms with Gasteiger partial charge >= 0.3 is 18.2 Å². The number of nitrogens with zero attached hydrogens (tertiary/aromatic N) is 4. The van der Waals surface area contributed by atoms with E-state index >= 15 is 0 Å². The highest BCUT2D eigenvalue weighted by molar-refractivity contribution is 8.00. The van der Waals surface area contributed by atoms with Crippen LogP contribution in [0.1, 0.15) is 32.1 Å². The van der Waals surface area contributed by atoms with Crippen LogP contribution in [0.5, 0.6) is 5.75 Å². The number of nitrogens with one attached hydrogen (secondary N) is 3. The average Bonchev–Trinajstić information content (AvgIpc) is 3.77. The summed E-state index contributed by atoms with van der Waals surface area (Å²) in [4.78, 5) is 49.1. The monoisotopic (exact) mass is 858 g/mol. The molecule has 3 saturated heterocycles. The number of rotatable bonds is 22. The van der Waals surface area contributed by atoms with Crippen LogP contribution in [0.2, 0.25) is 0 Å². The van der Waals surface area contributed by atoms with Crippen molar-refractivity contribution in [2.75, 3.05) is 102 Å². The van der Waals surface area contributed by atoms with Crippen LogP contribution in [-0.4, -0.2) is 164 Å². The van der Waals surface area contributed by atoms with Gasteiger partial charge in [-0.05, 0) is 31.0 Å². The number of halogens is 3. The van der Waals surface area contributed by atoms with Crippen LogP contribution < -0.4 is 26.6 Å². The lowest BCUT2D eigenvalue weighted by Crippen LogP contribution is -2.49. The number of anilines is 2. The number of phenols is 1. The Morgan fingerprint density at radius 3 is 2.17 bits per heavy atom. The Bertz CT molecular complexity index is 1660. The summed E-state index contributed by atoms with van der Waals surface area (Å²) in [6.45, 7) is 6.08. The Labute approximate surface area is 344 Å². The molecule has 0 spiro atoms. The summed E-state index contributed by atoms with van der Waals surface area (Å²) in [7, 11) is 0. The van der Waals surface area contributed by atoms with Gasteiger partial charge in [0.05, 0.1) is 82.7 Å². The van der Waals surface area contributed by atoms with Crippen molar-refractivity contribution in [1.29, 1.82) is 0 Å². The second kappa shape index (κ2) is 24.4. The van der Waals surface area contributed by atoms with Crippen molar-refractivity contribution in [2.45, 2.75) is 55.6 Å². The Morgan fingerprint density at radius 1 is 0.898 bits per heavy atom. The number of amides is 4. The predicted molar refractivity (Wildman–Crippen MR) is 211 cm³/mol. The van der Waals surface area contributed by atoms with Gasteiger partial charge in [-0.15, -0.1) is 10.2 Å². The molecule has 5 rings (SSSR count). The van der Waals surface area contributed by atoms with Gasteiger partial charge in [0, 0.05) is 55.7 Å². The molecule has 0 unspecified atom stereocenters. The summed E-state index contributed by atoms with van der Waals surface area (Å²) in [5.74, 6) is -1.31. The molecular formula is C37H53F3N8O10S. The number of unbranched alkanes of at least 4 members (excludes halogenated alkanes) is 1. The van der Waals surface area contributed by atoms with E-state index in [-0.39, 0.29) is 35.7 Å². The zero-order valence-electron chi connectivity index (χ0n) is 32.6. The highest BCUT2D eigenvalue weighted by atomic mass is 32.2. The van der Waals surface area contributed by atoms with E-state index in [4.69, 9.17) is 34.6 Å². The zero-order chi connectivity index (χ0) is 42.6. The van der Waals surface area contributed by atoms with E-state index in [1.54, 1.807) is 18.2 Å². The first-order valence-electron chi connectivity index (χ1n) is 19.3. The lowest BCUT2D eigenvalue weighted by Gasteiger charge is -2.36. The lowest BCUT2D eigenvalue weighted by molar-refractivity contribution is -0.192. The molecule has 3 atom stereocenters. The first-order valence-corrected chi connectivity index (χ1v) is 20.4. The number of fused-ring (bicyclic) bond motifs is 1. The van der Waals surface area contributed by atoms with E-state index in [2.05, 4.69) is 31.0 Å². The number of carbonyl (C=O) groups excluding carboxylic acids is 3. The normalized spacial score (nSPS) is 18.7. The number of benzene rings is 1. The van der Waals surface area contributed by atoms with Gasteiger partial charge in [0.15, 0.2) is 5.82 Å². The number of nitrogens with two attached hydrogens (primary N) is 1. The van der Waals surface area contributed by atoms with Gasteiger partial charge in [-0.1, -0.05) is 18.6 Å². The third-order valence-electron chi connectivity index (χ3n) is 9.42. The van der Waals surface area contributed by atoms with Gasteiger partial charge in [-0.25, -0.2) is 9.59 Å². The SMILES string of the molecule is Nc1nnc(-c2ccccc2O)cc1N1CCN(C(=O)CCOCCOCCOCCOCCNC(=O)CCCC[C@@H]2SC[C@@H]3NC(=O)N[C@@H]32)CC1.O=C(O)C(F)(F)F. The topological polar surface area (TPSA) is 240 Å². The summed E-state index contributed by atoms with van der Waals surface area (Å²) in [5.41, 5.74) is 7.97. The number of thioether (sulfide) groups is 1. The van der Waals surface area contributed by atoms with Crippen LogP contribution in [0.3, 0.4) is 0 Å². The number of para-hydroxylation sites is 1. The van der Waals surface area contributed by atoms with E-state index in [9.17, 15) is 32.7 Å². The van der Waals surface area contributed by atoms with Gasteiger partial charge in [0.25, 0.3) is 0 Å². The number of carboxylic acid groups (broad SMARTS) is 1. The molecule has 0 bridgehead atoms. The van der Waals surface area contributed by atoms with E-state index in [1.165, 1.54) is 0 Å². The summed E-state index contributed by atoms with van der Waals surface area (Å²) in [6.07, 6.45) is -1.50. The molecule has 3 aliphatic rings. The molecule has 4 amide bonds. The third kappa shape index (κ3) is 16.1. The van der Waals surface area contributed by atoms with Crippen molar-refractivity contribution in [3.05, 3.63) is 30.3 Å². The fourth-order valence-electron chi connectivity index (χ4n) is 6.37. The number of aliphatic carboxylic acids is 1. The summed E-state index contributed by atoms with van der Waals surface area (Å²) in [5, 5.41) is 34.8. The van der Waals surface area contributed by atoms with Crippen molar-refractivity contribution in [3.63, 3.8) is 0 Å². The average molecular weight is 859 g/mol. The highest BCUT2D eigenvalue weighted by Crippen LogP contribution is 2.34. The predicted octanol–water partition coefficient (Wildman–Crippen LogP) is 2.01. The molecule has 328 valence electrons. The van der Waals surface area contributed by atoms with Gasteiger partial charge in [0.2, 0.25) is 11.8 Å². The fraction of sp³-hybridized carbons (Fsp3) is 0.622. The van der Waals surface area contributed by atoms with Crippen LogP contribution in [0, 0.1) is 0 Å². The molecule has 18 nitrogen and oxygen atoms in total. The number of ether oxygens (including phenoxy) is 4. The molecule has 3 aliphatic heterocycles. The standard InChI is InChI=1S/C35H52N8O8S.C2HF3O2/c36-34-28(23-26(40-41-34)25-5-1-2-6-29(25)44)42-11-13-43(14-12-42)32(46)9-15-48-17-19-50-21-22-51-20-18-49-16-10-37-31(45)8-4-3-7-30-33-27(24-52-30)38-35(47)39-33;3-2(4,5)1(6)7/h1-2,5-6,23,27,30,33,44H,3-4,7-22,24H2,(H2,36,41)(H,37,45)(H2,38,39,47);(H,6,7)/t27-,30-,33-;/m0./s1. The Kier molecular flexibility index (Phi) is 19.5. The van der Waals surface area contributed by atoms with Crippen molar-refractivity contribution >= 4 is 47.1 Å². The quantitative estimate of drug-likeness (QED) is 0.0734. The van der Waals surface area contributed by atoms with Crippen molar-refractivity contribution in [2.24, 2.45) is 0 Å². The molecule has 1 aromatic heterocycles. The number of carboxylic acids is 1. The minimum absolute atomic E-state index is 0.0304.